The first-order valence-corrected chi connectivity index (χ1v) is 8.58. The molecule has 0 aliphatic carbocycles. The van der Waals surface area contributed by atoms with E-state index in [0.29, 0.717) is 21.2 Å². The normalized spacial score (nSPS) is 18.3. The maximum Gasteiger partial charge on any atom is 0.277 e. The number of benzene rings is 2. The Labute approximate surface area is 164 Å². The SMILES string of the molecule is CC(=O)c1ccc(Cl)cc1O.CC1(C(F)F)CC(=O)c2ccc(Cl)cc2O1. The number of ether oxygens (including phenoxy) is 1. The fraction of sp³-hybridized carbons (Fsp3) is 0.263. The summed E-state index contributed by atoms with van der Waals surface area (Å²) in [5.74, 6) is -0.448. The minimum absolute atomic E-state index is 0.0648. The second-order valence-electron chi connectivity index (χ2n) is 6.17. The number of phenolic OH excluding ortho intramolecular Hbond substituents is 1. The van der Waals surface area contributed by atoms with Gasteiger partial charge in [-0.3, -0.25) is 9.59 Å². The summed E-state index contributed by atoms with van der Waals surface area (Å²) in [5, 5.41) is 9.93. The van der Waals surface area contributed by atoms with Crippen LogP contribution in [0.5, 0.6) is 11.5 Å². The van der Waals surface area contributed by atoms with Crippen LogP contribution >= 0.6 is 23.2 Å². The van der Waals surface area contributed by atoms with Gasteiger partial charge in [0.2, 0.25) is 0 Å². The van der Waals surface area contributed by atoms with Crippen LogP contribution in [0.1, 0.15) is 41.0 Å². The highest BCUT2D eigenvalue weighted by Gasteiger charge is 2.44. The van der Waals surface area contributed by atoms with Gasteiger partial charge in [-0.25, -0.2) is 8.78 Å². The Bertz CT molecular complexity index is 886. The quantitative estimate of drug-likeness (QED) is 0.649. The second-order valence-corrected chi connectivity index (χ2v) is 7.05. The van der Waals surface area contributed by atoms with Gasteiger partial charge < -0.3 is 9.84 Å². The molecule has 2 aromatic carbocycles. The van der Waals surface area contributed by atoms with Gasteiger partial charge in [0.15, 0.2) is 17.2 Å². The summed E-state index contributed by atoms with van der Waals surface area (Å²) in [6.45, 7) is 2.61. The van der Waals surface area contributed by atoms with Crippen LogP contribution in [0, 0.1) is 0 Å². The Balaban J connectivity index is 0.000000208. The molecular formula is C19H16Cl2F2O4. The number of alkyl halides is 2. The number of ketones is 2. The molecule has 0 fully saturated rings. The number of carbonyl (C=O) groups excluding carboxylic acids is 2. The molecule has 1 aliphatic heterocycles. The smallest absolute Gasteiger partial charge is 0.277 e. The molecule has 0 radical (unpaired) electrons. The third-order valence-corrected chi connectivity index (χ3v) is 4.37. The maximum atomic E-state index is 12.8. The summed E-state index contributed by atoms with van der Waals surface area (Å²) in [4.78, 5) is 22.4. The van der Waals surface area contributed by atoms with Gasteiger partial charge >= 0.3 is 0 Å². The van der Waals surface area contributed by atoms with E-state index >= 15 is 0 Å². The van der Waals surface area contributed by atoms with Crippen LogP contribution in [-0.2, 0) is 0 Å². The average molecular weight is 417 g/mol. The molecule has 0 saturated heterocycles. The number of hydrogen-bond acceptors (Lipinski definition) is 4. The zero-order valence-corrected chi connectivity index (χ0v) is 15.9. The average Bonchev–Trinajstić information content (AvgIpc) is 2.54. The molecule has 4 nitrogen and oxygen atoms in total. The number of aromatic hydroxyl groups is 1. The predicted octanol–water partition coefficient (Wildman–Crippen LogP) is 5.58. The van der Waals surface area contributed by atoms with Crippen molar-refractivity contribution >= 4 is 34.8 Å². The standard InChI is InChI=1S/C11H9ClF2O2.C8H7ClO2/c1-11(10(13)14)5-8(15)7-3-2-6(12)4-9(7)16-11;1-5(10)7-3-2-6(9)4-8(7)11/h2-4,10H,5H2,1H3;2-4,11H,1H3. The maximum absolute atomic E-state index is 12.8. The molecule has 1 unspecified atom stereocenters. The van der Waals surface area contributed by atoms with Gasteiger partial charge in [-0.05, 0) is 50.2 Å². The minimum atomic E-state index is -2.72. The molecule has 0 spiro atoms. The number of carbonyl (C=O) groups is 2. The van der Waals surface area contributed by atoms with Crippen molar-refractivity contribution in [2.75, 3.05) is 0 Å². The zero-order chi connectivity index (χ0) is 20.4. The largest absolute Gasteiger partial charge is 0.507 e. The third-order valence-electron chi connectivity index (χ3n) is 3.90. The Morgan fingerprint density at radius 3 is 2.33 bits per heavy atom. The van der Waals surface area contributed by atoms with E-state index in [0.717, 1.165) is 0 Å². The minimum Gasteiger partial charge on any atom is -0.507 e. The summed E-state index contributed by atoms with van der Waals surface area (Å²) in [7, 11) is 0. The highest BCUT2D eigenvalue weighted by molar-refractivity contribution is 6.31. The monoisotopic (exact) mass is 416 g/mol. The molecule has 0 saturated carbocycles. The van der Waals surface area contributed by atoms with E-state index in [9.17, 15) is 18.4 Å². The van der Waals surface area contributed by atoms with Crippen molar-refractivity contribution in [2.45, 2.75) is 32.3 Å². The van der Waals surface area contributed by atoms with Crippen LogP contribution < -0.4 is 4.74 Å². The molecule has 1 N–H and O–H groups in total. The lowest BCUT2D eigenvalue weighted by Crippen LogP contribution is -2.45. The summed E-state index contributed by atoms with van der Waals surface area (Å²) < 4.78 is 30.7. The number of rotatable bonds is 2. The topological polar surface area (TPSA) is 63.6 Å². The molecule has 1 atom stereocenters. The first kappa shape index (κ1) is 21.1. The lowest BCUT2D eigenvalue weighted by atomic mass is 9.92. The van der Waals surface area contributed by atoms with E-state index in [4.69, 9.17) is 33.0 Å². The van der Waals surface area contributed by atoms with E-state index in [1.165, 1.54) is 44.2 Å². The third kappa shape index (κ3) is 4.96. The van der Waals surface area contributed by atoms with Crippen molar-refractivity contribution in [3.8, 4) is 11.5 Å². The van der Waals surface area contributed by atoms with Gasteiger partial charge in [0.05, 0.1) is 17.5 Å². The van der Waals surface area contributed by atoms with Crippen molar-refractivity contribution in [1.29, 1.82) is 0 Å². The molecule has 1 aliphatic rings. The van der Waals surface area contributed by atoms with Crippen LogP contribution in [0.15, 0.2) is 36.4 Å². The van der Waals surface area contributed by atoms with Crippen molar-refractivity contribution in [3.05, 3.63) is 57.6 Å². The lowest BCUT2D eigenvalue weighted by molar-refractivity contribution is -0.0681. The Morgan fingerprint density at radius 1 is 1.19 bits per heavy atom. The molecule has 2 aromatic rings. The molecule has 1 heterocycles. The van der Waals surface area contributed by atoms with Gasteiger partial charge in [-0.2, -0.15) is 0 Å². The zero-order valence-electron chi connectivity index (χ0n) is 14.4. The molecule has 8 heteroatoms. The van der Waals surface area contributed by atoms with Gasteiger partial charge in [0, 0.05) is 10.0 Å². The van der Waals surface area contributed by atoms with E-state index in [2.05, 4.69) is 0 Å². The van der Waals surface area contributed by atoms with Crippen LogP contribution in [-0.4, -0.2) is 28.7 Å². The number of Topliss-reactive ketones (excluding diaryl/α,β-unsaturated/α-hetero) is 2. The van der Waals surface area contributed by atoms with Crippen LogP contribution in [0.2, 0.25) is 10.0 Å². The van der Waals surface area contributed by atoms with Crippen molar-refractivity contribution < 1.29 is 28.2 Å². The van der Waals surface area contributed by atoms with Crippen LogP contribution in [0.3, 0.4) is 0 Å². The molecule has 27 heavy (non-hydrogen) atoms. The van der Waals surface area contributed by atoms with E-state index in [1.54, 1.807) is 6.07 Å². The van der Waals surface area contributed by atoms with Gasteiger partial charge in [-0.15, -0.1) is 0 Å². The molecule has 144 valence electrons. The Kier molecular flexibility index (Phi) is 6.44. The van der Waals surface area contributed by atoms with E-state index < -0.39 is 12.0 Å². The molecule has 0 amide bonds. The van der Waals surface area contributed by atoms with E-state index in [-0.39, 0.29) is 29.5 Å². The predicted molar refractivity (Wildman–Crippen MR) is 98.6 cm³/mol. The summed E-state index contributed by atoms with van der Waals surface area (Å²) in [6.07, 6.45) is -3.04. The van der Waals surface area contributed by atoms with Crippen molar-refractivity contribution in [3.63, 3.8) is 0 Å². The van der Waals surface area contributed by atoms with Gasteiger partial charge in [0.1, 0.15) is 11.5 Å². The van der Waals surface area contributed by atoms with E-state index in [1.807, 2.05) is 0 Å². The van der Waals surface area contributed by atoms with Crippen LogP contribution in [0.25, 0.3) is 0 Å². The van der Waals surface area contributed by atoms with Gasteiger partial charge in [-0.1, -0.05) is 23.2 Å². The highest BCUT2D eigenvalue weighted by Crippen LogP contribution is 2.37. The lowest BCUT2D eigenvalue weighted by Gasteiger charge is -2.34. The second kappa shape index (κ2) is 8.23. The number of phenols is 1. The first-order chi connectivity index (χ1) is 12.5. The summed E-state index contributed by atoms with van der Waals surface area (Å²) in [5.41, 5.74) is -1.15. The molecular weight excluding hydrogens is 401 g/mol. The number of fused-ring (bicyclic) bond motifs is 1. The number of hydrogen-bond donors (Lipinski definition) is 1. The highest BCUT2D eigenvalue weighted by atomic mass is 35.5. The molecule has 0 aromatic heterocycles. The Hall–Kier alpha value is -2.18. The Morgan fingerprint density at radius 2 is 1.78 bits per heavy atom. The van der Waals surface area contributed by atoms with Crippen molar-refractivity contribution in [2.24, 2.45) is 0 Å². The number of halogens is 4. The van der Waals surface area contributed by atoms with Crippen molar-refractivity contribution in [1.82, 2.24) is 0 Å². The van der Waals surface area contributed by atoms with Gasteiger partial charge in [0.25, 0.3) is 6.43 Å². The fourth-order valence-corrected chi connectivity index (χ4v) is 2.76. The fourth-order valence-electron chi connectivity index (χ4n) is 2.44. The van der Waals surface area contributed by atoms with Crippen LogP contribution in [0.4, 0.5) is 8.78 Å². The molecule has 3 rings (SSSR count). The summed E-state index contributed by atoms with van der Waals surface area (Å²) in [6, 6.07) is 8.82. The first-order valence-electron chi connectivity index (χ1n) is 7.83. The molecule has 0 bridgehead atoms. The summed E-state index contributed by atoms with van der Waals surface area (Å²) >= 11 is 11.3.